The maximum atomic E-state index is 13.4. The first-order chi connectivity index (χ1) is 9.53. The molecule has 2 N–H and O–H groups in total. The average Bonchev–Trinajstić information content (AvgIpc) is 2.42. The van der Waals surface area contributed by atoms with Gasteiger partial charge in [-0.1, -0.05) is 18.2 Å². The van der Waals surface area contributed by atoms with E-state index in [4.69, 9.17) is 0 Å². The molecule has 0 bridgehead atoms. The second kappa shape index (κ2) is 5.98. The van der Waals surface area contributed by atoms with Crippen molar-refractivity contribution in [3.63, 3.8) is 0 Å². The summed E-state index contributed by atoms with van der Waals surface area (Å²) in [7, 11) is -2.11. The summed E-state index contributed by atoms with van der Waals surface area (Å²) in [5.41, 5.74) is 0.756. The van der Waals surface area contributed by atoms with E-state index >= 15 is 0 Å². The Morgan fingerprint density at radius 2 is 1.95 bits per heavy atom. The van der Waals surface area contributed by atoms with Gasteiger partial charge in [0.1, 0.15) is 5.82 Å². The Labute approximate surface area is 116 Å². The molecule has 0 unspecified atom stereocenters. The van der Waals surface area contributed by atoms with Gasteiger partial charge in [0.25, 0.3) is 10.0 Å². The van der Waals surface area contributed by atoms with E-state index in [0.29, 0.717) is 6.54 Å². The van der Waals surface area contributed by atoms with Gasteiger partial charge in [0.05, 0.1) is 5.69 Å². The van der Waals surface area contributed by atoms with E-state index in [1.54, 1.807) is 19.2 Å². The van der Waals surface area contributed by atoms with Crippen LogP contribution in [-0.4, -0.2) is 20.4 Å². The summed E-state index contributed by atoms with van der Waals surface area (Å²) in [6, 6.07) is 8.60. The van der Waals surface area contributed by atoms with Gasteiger partial charge in [-0.05, 0) is 30.8 Å². The highest BCUT2D eigenvalue weighted by molar-refractivity contribution is 7.92. The molecule has 0 amide bonds. The van der Waals surface area contributed by atoms with Crippen molar-refractivity contribution in [3.8, 4) is 0 Å². The van der Waals surface area contributed by atoms with Crippen molar-refractivity contribution in [1.82, 2.24) is 10.3 Å². The maximum absolute atomic E-state index is 13.4. The Morgan fingerprint density at radius 1 is 1.20 bits per heavy atom. The molecule has 2 rings (SSSR count). The summed E-state index contributed by atoms with van der Waals surface area (Å²) in [6.45, 7) is 0.591. The van der Waals surface area contributed by atoms with Crippen LogP contribution in [0.2, 0.25) is 0 Å². The molecule has 7 heteroatoms. The molecule has 0 atom stereocenters. The van der Waals surface area contributed by atoms with Gasteiger partial charge in [0.2, 0.25) is 0 Å². The Bertz CT molecular complexity index is 687. The highest BCUT2D eigenvalue weighted by Crippen LogP contribution is 2.17. The van der Waals surface area contributed by atoms with E-state index in [-0.39, 0.29) is 10.7 Å². The molecule has 2 aromatic rings. The van der Waals surface area contributed by atoms with Crippen molar-refractivity contribution >= 4 is 15.7 Å². The van der Waals surface area contributed by atoms with Gasteiger partial charge in [0.15, 0.2) is 5.03 Å². The third-order valence-corrected chi connectivity index (χ3v) is 3.85. The van der Waals surface area contributed by atoms with Crippen molar-refractivity contribution in [2.45, 2.75) is 11.6 Å². The zero-order valence-electron chi connectivity index (χ0n) is 10.8. The van der Waals surface area contributed by atoms with Crippen LogP contribution in [0.5, 0.6) is 0 Å². The summed E-state index contributed by atoms with van der Waals surface area (Å²) < 4.78 is 39.8. The summed E-state index contributed by atoms with van der Waals surface area (Å²) in [4.78, 5) is 3.88. The topological polar surface area (TPSA) is 71.1 Å². The van der Waals surface area contributed by atoms with Gasteiger partial charge in [-0.15, -0.1) is 0 Å². The fourth-order valence-electron chi connectivity index (χ4n) is 1.62. The third kappa shape index (κ3) is 3.31. The molecule has 0 aliphatic heterocycles. The van der Waals surface area contributed by atoms with Gasteiger partial charge in [0, 0.05) is 12.7 Å². The first-order valence-electron chi connectivity index (χ1n) is 5.90. The number of sulfonamides is 1. The highest BCUT2D eigenvalue weighted by atomic mass is 32.2. The van der Waals surface area contributed by atoms with Crippen LogP contribution >= 0.6 is 0 Å². The molecule has 0 spiro atoms. The quantitative estimate of drug-likeness (QED) is 0.881. The van der Waals surface area contributed by atoms with E-state index in [1.165, 1.54) is 30.5 Å². The molecule has 0 saturated carbocycles. The molecule has 20 heavy (non-hydrogen) atoms. The standard InChI is InChI=1S/C13H14FN3O2S/c1-15-8-10-6-7-13(16-9-10)20(18,19)17-12-5-3-2-4-11(12)14/h2-7,9,15,17H,8H2,1H3. The number of para-hydroxylation sites is 1. The van der Waals surface area contributed by atoms with Crippen molar-refractivity contribution < 1.29 is 12.8 Å². The smallest absolute Gasteiger partial charge is 0.279 e. The Morgan fingerprint density at radius 3 is 2.55 bits per heavy atom. The lowest BCUT2D eigenvalue weighted by Gasteiger charge is -2.08. The van der Waals surface area contributed by atoms with Crippen molar-refractivity contribution in [2.75, 3.05) is 11.8 Å². The number of benzene rings is 1. The Balaban J connectivity index is 2.24. The minimum Gasteiger partial charge on any atom is -0.316 e. The number of hydrogen-bond donors (Lipinski definition) is 2. The lowest BCUT2D eigenvalue weighted by Crippen LogP contribution is -2.15. The molecule has 1 aromatic heterocycles. The van der Waals surface area contributed by atoms with Gasteiger partial charge >= 0.3 is 0 Å². The van der Waals surface area contributed by atoms with Crippen LogP contribution in [-0.2, 0) is 16.6 Å². The number of aromatic nitrogens is 1. The third-order valence-electron chi connectivity index (χ3n) is 2.57. The first kappa shape index (κ1) is 14.4. The molecule has 1 heterocycles. The lowest BCUT2D eigenvalue weighted by molar-refractivity contribution is 0.595. The number of pyridine rings is 1. The highest BCUT2D eigenvalue weighted by Gasteiger charge is 2.17. The van der Waals surface area contributed by atoms with E-state index in [9.17, 15) is 12.8 Å². The van der Waals surface area contributed by atoms with Crippen LogP contribution in [0.1, 0.15) is 5.56 Å². The van der Waals surface area contributed by atoms with Gasteiger partial charge in [-0.3, -0.25) is 4.72 Å². The minimum absolute atomic E-state index is 0.103. The van der Waals surface area contributed by atoms with E-state index in [2.05, 4.69) is 15.0 Å². The minimum atomic E-state index is -3.89. The fourth-order valence-corrected chi connectivity index (χ4v) is 2.62. The molecular formula is C13H14FN3O2S. The first-order valence-corrected chi connectivity index (χ1v) is 7.38. The number of hydrogen-bond acceptors (Lipinski definition) is 4. The van der Waals surface area contributed by atoms with E-state index in [0.717, 1.165) is 5.56 Å². The van der Waals surface area contributed by atoms with Crippen LogP contribution in [0.25, 0.3) is 0 Å². The Kier molecular flexibility index (Phi) is 4.31. The number of nitrogens with one attached hydrogen (secondary N) is 2. The maximum Gasteiger partial charge on any atom is 0.279 e. The average molecular weight is 295 g/mol. The second-order valence-corrected chi connectivity index (χ2v) is 5.75. The van der Waals surface area contributed by atoms with Crippen LogP contribution in [0.4, 0.5) is 10.1 Å². The molecule has 0 fully saturated rings. The number of rotatable bonds is 5. The monoisotopic (exact) mass is 295 g/mol. The summed E-state index contributed by atoms with van der Waals surface area (Å²) >= 11 is 0. The molecule has 106 valence electrons. The van der Waals surface area contributed by atoms with Gasteiger partial charge in [-0.25, -0.2) is 9.37 Å². The zero-order valence-corrected chi connectivity index (χ0v) is 11.6. The predicted molar refractivity (Wildman–Crippen MR) is 74.2 cm³/mol. The summed E-state index contributed by atoms with van der Waals surface area (Å²) in [6.07, 6.45) is 1.46. The van der Waals surface area contributed by atoms with Crippen LogP contribution in [0.3, 0.4) is 0 Å². The molecule has 5 nitrogen and oxygen atoms in total. The normalized spacial score (nSPS) is 11.3. The number of halogens is 1. The lowest BCUT2D eigenvalue weighted by atomic mass is 10.3. The Hall–Kier alpha value is -1.99. The van der Waals surface area contributed by atoms with Crippen molar-refractivity contribution in [2.24, 2.45) is 0 Å². The number of nitrogens with zero attached hydrogens (tertiary/aromatic N) is 1. The van der Waals surface area contributed by atoms with Crippen molar-refractivity contribution in [1.29, 1.82) is 0 Å². The molecule has 0 radical (unpaired) electrons. The SMILES string of the molecule is CNCc1ccc(S(=O)(=O)Nc2ccccc2F)nc1. The van der Waals surface area contributed by atoms with E-state index in [1.807, 2.05) is 0 Å². The predicted octanol–water partition coefficient (Wildman–Crippen LogP) is 1.74. The van der Waals surface area contributed by atoms with Crippen LogP contribution < -0.4 is 10.0 Å². The summed E-state index contributed by atoms with van der Waals surface area (Å²) in [5.74, 6) is -0.636. The van der Waals surface area contributed by atoms with Crippen LogP contribution in [0.15, 0.2) is 47.6 Å². The largest absolute Gasteiger partial charge is 0.316 e. The van der Waals surface area contributed by atoms with Gasteiger partial charge < -0.3 is 5.32 Å². The zero-order chi connectivity index (χ0) is 14.6. The second-order valence-electron chi connectivity index (χ2n) is 4.12. The van der Waals surface area contributed by atoms with Crippen molar-refractivity contribution in [3.05, 3.63) is 54.0 Å². The molecule has 1 aromatic carbocycles. The summed E-state index contributed by atoms with van der Waals surface area (Å²) in [5, 5.41) is 2.78. The molecule has 0 aliphatic rings. The fraction of sp³-hybridized carbons (Fsp3) is 0.154. The molecular weight excluding hydrogens is 281 g/mol. The number of anilines is 1. The van der Waals surface area contributed by atoms with Gasteiger partial charge in [-0.2, -0.15) is 8.42 Å². The molecule has 0 aliphatic carbocycles. The molecule has 0 saturated heterocycles. The van der Waals surface area contributed by atoms with E-state index < -0.39 is 15.8 Å². The van der Waals surface area contributed by atoms with Crippen LogP contribution in [0, 0.1) is 5.82 Å².